The second-order valence-electron chi connectivity index (χ2n) is 7.39. The number of imidazole rings is 1. The van der Waals surface area contributed by atoms with E-state index in [4.69, 9.17) is 14.6 Å². The summed E-state index contributed by atoms with van der Waals surface area (Å²) in [7, 11) is 1.95. The Labute approximate surface area is 173 Å². The molecule has 0 N–H and O–H groups in total. The molecule has 2 aromatic heterocycles. The summed E-state index contributed by atoms with van der Waals surface area (Å²) in [5.41, 5.74) is 6.52. The monoisotopic (exact) mass is 402 g/mol. The lowest BCUT2D eigenvalue weighted by Crippen LogP contribution is -2.15. The van der Waals surface area contributed by atoms with Gasteiger partial charge in [0.1, 0.15) is 24.7 Å². The van der Waals surface area contributed by atoms with Crippen molar-refractivity contribution in [1.82, 2.24) is 19.3 Å². The highest BCUT2D eigenvalue weighted by Gasteiger charge is 2.26. The maximum absolute atomic E-state index is 12.6. The number of rotatable bonds is 5. The summed E-state index contributed by atoms with van der Waals surface area (Å²) in [6.45, 7) is 3.31. The summed E-state index contributed by atoms with van der Waals surface area (Å²) in [6.07, 6.45) is 1.93. The SMILES string of the molecule is CCn1nc2c(c1CC(=O)OCc1ccc3c(c1)ncn3C)COc1ccccc1-2. The van der Waals surface area contributed by atoms with Crippen LogP contribution >= 0.6 is 0 Å². The Morgan fingerprint density at radius 1 is 1.23 bits per heavy atom. The number of benzene rings is 2. The van der Waals surface area contributed by atoms with E-state index in [0.717, 1.165) is 44.9 Å². The van der Waals surface area contributed by atoms with E-state index in [2.05, 4.69) is 4.98 Å². The van der Waals surface area contributed by atoms with E-state index in [0.29, 0.717) is 13.2 Å². The quantitative estimate of drug-likeness (QED) is 0.477. The smallest absolute Gasteiger partial charge is 0.312 e. The molecule has 7 nitrogen and oxygen atoms in total. The first kappa shape index (κ1) is 18.4. The topological polar surface area (TPSA) is 71.2 Å². The fraction of sp³-hybridized carbons (Fsp3) is 0.261. The van der Waals surface area contributed by atoms with Crippen LogP contribution in [0.2, 0.25) is 0 Å². The van der Waals surface area contributed by atoms with Gasteiger partial charge < -0.3 is 14.0 Å². The number of aromatic nitrogens is 4. The van der Waals surface area contributed by atoms with Crippen LogP contribution in [-0.2, 0) is 42.8 Å². The Morgan fingerprint density at radius 2 is 2.10 bits per heavy atom. The number of para-hydroxylation sites is 1. The number of hydrogen-bond acceptors (Lipinski definition) is 5. The van der Waals surface area contributed by atoms with Gasteiger partial charge in [0.15, 0.2) is 0 Å². The molecule has 0 radical (unpaired) electrons. The van der Waals surface area contributed by atoms with Gasteiger partial charge in [0, 0.05) is 24.7 Å². The largest absolute Gasteiger partial charge is 0.488 e. The summed E-state index contributed by atoms with van der Waals surface area (Å²) >= 11 is 0. The highest BCUT2D eigenvalue weighted by Crippen LogP contribution is 2.38. The Kier molecular flexibility index (Phi) is 4.50. The van der Waals surface area contributed by atoms with Crippen LogP contribution in [-0.4, -0.2) is 25.3 Å². The molecule has 0 fully saturated rings. The Bertz CT molecular complexity index is 1250. The zero-order valence-electron chi connectivity index (χ0n) is 17.0. The average molecular weight is 402 g/mol. The van der Waals surface area contributed by atoms with Gasteiger partial charge in [-0.3, -0.25) is 9.48 Å². The first-order chi connectivity index (χ1) is 14.6. The van der Waals surface area contributed by atoms with Crippen LogP contribution in [0.3, 0.4) is 0 Å². The molecule has 0 bridgehead atoms. The summed E-state index contributed by atoms with van der Waals surface area (Å²) < 4.78 is 15.3. The normalized spacial score (nSPS) is 12.3. The molecule has 0 saturated carbocycles. The minimum Gasteiger partial charge on any atom is -0.488 e. The molecule has 1 aliphatic rings. The van der Waals surface area contributed by atoms with Crippen LogP contribution in [0.5, 0.6) is 5.75 Å². The maximum Gasteiger partial charge on any atom is 0.312 e. The molecule has 2 aromatic carbocycles. The van der Waals surface area contributed by atoms with E-state index >= 15 is 0 Å². The molecule has 7 heteroatoms. The van der Waals surface area contributed by atoms with Crippen LogP contribution < -0.4 is 4.74 Å². The molecule has 5 rings (SSSR count). The van der Waals surface area contributed by atoms with Gasteiger partial charge in [-0.1, -0.05) is 18.2 Å². The van der Waals surface area contributed by atoms with Crippen molar-refractivity contribution in [1.29, 1.82) is 0 Å². The second kappa shape index (κ2) is 7.33. The van der Waals surface area contributed by atoms with Crippen molar-refractivity contribution in [3.63, 3.8) is 0 Å². The molecule has 0 saturated heterocycles. The van der Waals surface area contributed by atoms with Crippen LogP contribution in [0.1, 0.15) is 23.7 Å². The van der Waals surface area contributed by atoms with Gasteiger partial charge in [0.2, 0.25) is 0 Å². The highest BCUT2D eigenvalue weighted by molar-refractivity contribution is 5.78. The predicted molar refractivity (Wildman–Crippen MR) is 112 cm³/mol. The summed E-state index contributed by atoms with van der Waals surface area (Å²) in [4.78, 5) is 17.0. The van der Waals surface area contributed by atoms with Gasteiger partial charge in [-0.15, -0.1) is 0 Å². The van der Waals surface area contributed by atoms with Crippen LogP contribution in [0.15, 0.2) is 48.8 Å². The van der Waals surface area contributed by atoms with Gasteiger partial charge in [0.25, 0.3) is 0 Å². The fourth-order valence-corrected chi connectivity index (χ4v) is 3.92. The summed E-state index contributed by atoms with van der Waals surface area (Å²) in [5, 5.41) is 4.74. The number of carbonyl (C=O) groups excluding carboxylic acids is 1. The van der Waals surface area contributed by atoms with Crippen molar-refractivity contribution < 1.29 is 14.3 Å². The molecule has 1 aliphatic heterocycles. The molecule has 4 aromatic rings. The highest BCUT2D eigenvalue weighted by atomic mass is 16.5. The molecule has 0 amide bonds. The van der Waals surface area contributed by atoms with Crippen molar-refractivity contribution in [2.45, 2.75) is 33.1 Å². The molecule has 30 heavy (non-hydrogen) atoms. The molecular weight excluding hydrogens is 380 g/mol. The van der Waals surface area contributed by atoms with E-state index in [1.54, 1.807) is 6.33 Å². The number of carbonyl (C=O) groups is 1. The number of nitrogens with zero attached hydrogens (tertiary/aromatic N) is 4. The Morgan fingerprint density at radius 3 is 2.97 bits per heavy atom. The zero-order valence-corrected chi connectivity index (χ0v) is 17.0. The fourth-order valence-electron chi connectivity index (χ4n) is 3.92. The molecule has 3 heterocycles. The van der Waals surface area contributed by atoms with Gasteiger partial charge in [0.05, 0.1) is 29.5 Å². The number of ether oxygens (including phenoxy) is 2. The van der Waals surface area contributed by atoms with Crippen LogP contribution in [0.25, 0.3) is 22.3 Å². The van der Waals surface area contributed by atoms with E-state index in [1.807, 2.05) is 65.7 Å². The van der Waals surface area contributed by atoms with Crippen molar-refractivity contribution in [2.24, 2.45) is 7.05 Å². The molecule has 152 valence electrons. The third-order valence-corrected chi connectivity index (χ3v) is 5.48. The standard InChI is InChI=1S/C23H22N4O3/c1-3-27-20(17-13-29-21-7-5-4-6-16(21)23(17)25-27)11-22(28)30-12-15-8-9-19-18(10-15)24-14-26(19)2/h4-10,14H,3,11-13H2,1-2H3. The molecular formula is C23H22N4O3. The lowest BCUT2D eigenvalue weighted by Gasteiger charge is -2.17. The number of hydrogen-bond donors (Lipinski definition) is 0. The van der Waals surface area contributed by atoms with Gasteiger partial charge in [-0.05, 0) is 36.8 Å². The molecule has 0 unspecified atom stereocenters. The molecule has 0 aliphatic carbocycles. The summed E-state index contributed by atoms with van der Waals surface area (Å²) in [5.74, 6) is 0.539. The van der Waals surface area contributed by atoms with Crippen LogP contribution in [0, 0.1) is 0 Å². The third kappa shape index (κ3) is 3.12. The van der Waals surface area contributed by atoms with Gasteiger partial charge >= 0.3 is 5.97 Å². The van der Waals surface area contributed by atoms with Crippen molar-refractivity contribution in [3.8, 4) is 17.0 Å². The first-order valence-corrected chi connectivity index (χ1v) is 10.0. The number of fused-ring (bicyclic) bond motifs is 4. The first-order valence-electron chi connectivity index (χ1n) is 10.0. The average Bonchev–Trinajstić information content (AvgIpc) is 3.32. The third-order valence-electron chi connectivity index (χ3n) is 5.48. The van der Waals surface area contributed by atoms with Crippen molar-refractivity contribution in [2.75, 3.05) is 0 Å². The maximum atomic E-state index is 12.6. The second-order valence-corrected chi connectivity index (χ2v) is 7.39. The van der Waals surface area contributed by atoms with E-state index in [9.17, 15) is 4.79 Å². The van der Waals surface area contributed by atoms with Crippen LogP contribution in [0.4, 0.5) is 0 Å². The Hall–Kier alpha value is -3.61. The molecule has 0 spiro atoms. The molecule has 0 atom stereocenters. The minimum absolute atomic E-state index is 0.160. The lowest BCUT2D eigenvalue weighted by atomic mass is 10.0. The number of aryl methyl sites for hydroxylation is 2. The van der Waals surface area contributed by atoms with E-state index in [1.165, 1.54) is 0 Å². The summed E-state index contributed by atoms with van der Waals surface area (Å²) in [6, 6.07) is 13.7. The Balaban J connectivity index is 1.34. The van der Waals surface area contributed by atoms with Crippen molar-refractivity contribution in [3.05, 3.63) is 65.6 Å². The lowest BCUT2D eigenvalue weighted by molar-refractivity contribution is -0.144. The van der Waals surface area contributed by atoms with Gasteiger partial charge in [-0.25, -0.2) is 4.98 Å². The predicted octanol–water partition coefficient (Wildman–Crippen LogP) is 3.64. The van der Waals surface area contributed by atoms with E-state index < -0.39 is 0 Å². The van der Waals surface area contributed by atoms with Gasteiger partial charge in [-0.2, -0.15) is 5.10 Å². The minimum atomic E-state index is -0.285. The number of esters is 1. The van der Waals surface area contributed by atoms with E-state index in [-0.39, 0.29) is 19.0 Å². The zero-order chi connectivity index (χ0) is 20.7. The van der Waals surface area contributed by atoms with Crippen molar-refractivity contribution >= 4 is 17.0 Å².